The fraction of sp³-hybridized carbons (Fsp3) is 0.214. The van der Waals surface area contributed by atoms with E-state index in [0.29, 0.717) is 11.9 Å². The SMILES string of the molecule is CC1(S(=O)(=O)n2ccc3cnccc32)C=CC=C(Br)C1. The maximum atomic E-state index is 13.0. The molecule has 0 amide bonds. The Hall–Kier alpha value is -1.40. The average molecular weight is 353 g/mol. The van der Waals surface area contributed by atoms with Crippen molar-refractivity contribution in [2.75, 3.05) is 0 Å². The summed E-state index contributed by atoms with van der Waals surface area (Å²) in [4.78, 5) is 4.01. The summed E-state index contributed by atoms with van der Waals surface area (Å²) in [5.41, 5.74) is 0.653. The van der Waals surface area contributed by atoms with Crippen LogP contribution in [0.1, 0.15) is 13.3 Å². The van der Waals surface area contributed by atoms with E-state index >= 15 is 0 Å². The summed E-state index contributed by atoms with van der Waals surface area (Å²) in [6, 6.07) is 3.48. The van der Waals surface area contributed by atoms with Gasteiger partial charge in [-0.1, -0.05) is 34.2 Å². The zero-order valence-corrected chi connectivity index (χ0v) is 13.2. The molecule has 2 heterocycles. The number of nitrogens with zero attached hydrogens (tertiary/aromatic N) is 2. The molecule has 0 aromatic carbocycles. The van der Waals surface area contributed by atoms with Crippen molar-refractivity contribution in [1.82, 2.24) is 8.96 Å². The zero-order valence-electron chi connectivity index (χ0n) is 10.8. The summed E-state index contributed by atoms with van der Waals surface area (Å²) >= 11 is 3.40. The summed E-state index contributed by atoms with van der Waals surface area (Å²) in [7, 11) is -3.55. The van der Waals surface area contributed by atoms with Gasteiger partial charge in [-0.15, -0.1) is 0 Å². The Morgan fingerprint density at radius 3 is 2.95 bits per heavy atom. The molecular formula is C14H13BrN2O2S. The Balaban J connectivity index is 2.18. The first-order chi connectivity index (χ1) is 9.44. The van der Waals surface area contributed by atoms with Crippen molar-refractivity contribution in [2.24, 2.45) is 0 Å². The van der Waals surface area contributed by atoms with Crippen molar-refractivity contribution < 1.29 is 8.42 Å². The molecule has 1 aliphatic rings. The summed E-state index contributed by atoms with van der Waals surface area (Å²) < 4.78 is 27.2. The van der Waals surface area contributed by atoms with Crippen molar-refractivity contribution in [3.63, 3.8) is 0 Å². The van der Waals surface area contributed by atoms with E-state index in [2.05, 4.69) is 20.9 Å². The number of hydrogen-bond acceptors (Lipinski definition) is 3. The first kappa shape index (κ1) is 13.6. The van der Waals surface area contributed by atoms with Crippen LogP contribution in [0.15, 0.2) is 53.4 Å². The number of fused-ring (bicyclic) bond motifs is 1. The van der Waals surface area contributed by atoms with Crippen LogP contribution < -0.4 is 0 Å². The van der Waals surface area contributed by atoms with Gasteiger partial charge in [0.15, 0.2) is 0 Å². The summed E-state index contributed by atoms with van der Waals surface area (Å²) in [5, 5.41) is 0.814. The number of aromatic nitrogens is 2. The lowest BCUT2D eigenvalue weighted by Gasteiger charge is -2.28. The summed E-state index contributed by atoms with van der Waals surface area (Å²) in [5.74, 6) is 0. The number of pyridine rings is 1. The highest BCUT2D eigenvalue weighted by Crippen LogP contribution is 2.35. The minimum absolute atomic E-state index is 0.427. The molecule has 4 nitrogen and oxygen atoms in total. The number of rotatable bonds is 2. The highest BCUT2D eigenvalue weighted by atomic mass is 79.9. The molecule has 0 aliphatic heterocycles. The van der Waals surface area contributed by atoms with Gasteiger partial charge in [0.2, 0.25) is 10.0 Å². The van der Waals surface area contributed by atoms with E-state index in [1.165, 1.54) is 3.97 Å². The highest BCUT2D eigenvalue weighted by Gasteiger charge is 2.40. The molecule has 0 spiro atoms. The predicted octanol–water partition coefficient (Wildman–Crippen LogP) is 3.21. The Morgan fingerprint density at radius 2 is 2.20 bits per heavy atom. The maximum absolute atomic E-state index is 13.0. The quantitative estimate of drug-likeness (QED) is 0.833. The number of halogens is 1. The molecule has 0 saturated carbocycles. The van der Waals surface area contributed by atoms with E-state index in [-0.39, 0.29) is 0 Å². The second-order valence-corrected chi connectivity index (χ2v) is 8.31. The molecule has 0 N–H and O–H groups in total. The summed E-state index contributed by atoms with van der Waals surface area (Å²) in [6.45, 7) is 1.74. The molecule has 3 rings (SSSR count). The highest BCUT2D eigenvalue weighted by molar-refractivity contribution is 9.11. The van der Waals surface area contributed by atoms with Crippen molar-refractivity contribution >= 4 is 36.9 Å². The topological polar surface area (TPSA) is 52.0 Å². The van der Waals surface area contributed by atoms with Gasteiger partial charge >= 0.3 is 0 Å². The van der Waals surface area contributed by atoms with Crippen LogP contribution in [-0.4, -0.2) is 22.1 Å². The van der Waals surface area contributed by atoms with E-state index in [1.807, 2.05) is 6.08 Å². The number of allylic oxidation sites excluding steroid dienone is 3. The van der Waals surface area contributed by atoms with Crippen molar-refractivity contribution in [3.8, 4) is 0 Å². The van der Waals surface area contributed by atoms with Crippen molar-refractivity contribution in [2.45, 2.75) is 18.1 Å². The lowest BCUT2D eigenvalue weighted by atomic mass is 10.0. The van der Waals surface area contributed by atoms with Gasteiger partial charge in [0.25, 0.3) is 0 Å². The van der Waals surface area contributed by atoms with Crippen molar-refractivity contribution in [3.05, 3.63) is 53.4 Å². The molecule has 1 aliphatic carbocycles. The molecule has 0 radical (unpaired) electrons. The van der Waals surface area contributed by atoms with Gasteiger partial charge in [-0.3, -0.25) is 4.98 Å². The Morgan fingerprint density at radius 1 is 1.40 bits per heavy atom. The van der Waals surface area contributed by atoms with Gasteiger partial charge < -0.3 is 0 Å². The Bertz CT molecular complexity index is 836. The standard InChI is InChI=1S/C14H13BrN2O2S/c1-14(6-2-3-12(15)9-14)20(18,19)17-8-5-11-10-16-7-4-13(11)17/h2-8,10H,9H2,1H3. The van der Waals surface area contributed by atoms with Crippen LogP contribution in [-0.2, 0) is 10.0 Å². The van der Waals surface area contributed by atoms with Crippen molar-refractivity contribution in [1.29, 1.82) is 0 Å². The van der Waals surface area contributed by atoms with E-state index in [9.17, 15) is 8.42 Å². The molecule has 2 aromatic heterocycles. The zero-order chi connectivity index (χ0) is 14.4. The van der Waals surface area contributed by atoms with Gasteiger partial charge in [0.1, 0.15) is 4.75 Å². The fourth-order valence-corrected chi connectivity index (χ4v) is 4.98. The molecule has 0 fully saturated rings. The first-order valence-corrected chi connectivity index (χ1v) is 8.37. The average Bonchev–Trinajstić information content (AvgIpc) is 2.82. The fourth-order valence-electron chi connectivity index (χ4n) is 2.38. The van der Waals surface area contributed by atoms with Crippen LogP contribution in [0.4, 0.5) is 0 Å². The molecule has 6 heteroatoms. The van der Waals surface area contributed by atoms with Crippen LogP contribution >= 0.6 is 15.9 Å². The van der Waals surface area contributed by atoms with Crippen LogP contribution in [0.3, 0.4) is 0 Å². The number of hydrogen-bond donors (Lipinski definition) is 0. The van der Waals surface area contributed by atoms with E-state index in [0.717, 1.165) is 9.87 Å². The molecule has 2 aromatic rings. The first-order valence-electron chi connectivity index (χ1n) is 6.14. The van der Waals surface area contributed by atoms with Crippen LogP contribution in [0.5, 0.6) is 0 Å². The minimum atomic E-state index is -3.55. The second-order valence-electron chi connectivity index (χ2n) is 5.01. The van der Waals surface area contributed by atoms with E-state index in [1.54, 1.807) is 49.8 Å². The maximum Gasteiger partial charge on any atom is 0.248 e. The second kappa shape index (κ2) is 4.56. The molecular weight excluding hydrogens is 340 g/mol. The third-order valence-corrected chi connectivity index (χ3v) is 6.39. The van der Waals surface area contributed by atoms with Gasteiger partial charge in [-0.25, -0.2) is 12.4 Å². The largest absolute Gasteiger partial charge is 0.264 e. The van der Waals surface area contributed by atoms with Crippen LogP contribution in [0.2, 0.25) is 0 Å². The lowest BCUT2D eigenvalue weighted by Crippen LogP contribution is -2.38. The van der Waals surface area contributed by atoms with Gasteiger partial charge in [0, 0.05) is 30.4 Å². The third kappa shape index (κ3) is 1.94. The predicted molar refractivity (Wildman–Crippen MR) is 83.2 cm³/mol. The molecule has 1 atom stereocenters. The van der Waals surface area contributed by atoms with Crippen LogP contribution in [0.25, 0.3) is 10.9 Å². The van der Waals surface area contributed by atoms with Gasteiger partial charge in [0.05, 0.1) is 5.52 Å². The van der Waals surface area contributed by atoms with Gasteiger partial charge in [-0.2, -0.15) is 0 Å². The Kier molecular flexibility index (Phi) is 3.10. The smallest absolute Gasteiger partial charge is 0.248 e. The summed E-state index contributed by atoms with van der Waals surface area (Å²) in [6.07, 6.45) is 10.7. The van der Waals surface area contributed by atoms with E-state index < -0.39 is 14.8 Å². The minimum Gasteiger partial charge on any atom is -0.264 e. The molecule has 20 heavy (non-hydrogen) atoms. The molecule has 104 valence electrons. The van der Waals surface area contributed by atoms with E-state index in [4.69, 9.17) is 0 Å². The molecule has 0 saturated heterocycles. The monoisotopic (exact) mass is 352 g/mol. The molecule has 1 unspecified atom stereocenters. The molecule has 0 bridgehead atoms. The lowest BCUT2D eigenvalue weighted by molar-refractivity contribution is 0.554. The van der Waals surface area contributed by atoms with Gasteiger partial charge in [-0.05, 0) is 23.5 Å². The Labute approximate surface area is 126 Å². The third-order valence-electron chi connectivity index (χ3n) is 3.55. The van der Waals surface area contributed by atoms with Crippen LogP contribution in [0, 0.1) is 0 Å². The normalized spacial score (nSPS) is 23.0.